The first-order valence-electron chi connectivity index (χ1n) is 10.3. The molecule has 1 fully saturated rings. The molecule has 0 amide bonds. The van der Waals surface area contributed by atoms with Gasteiger partial charge in [-0.2, -0.15) is 0 Å². The Hall–Kier alpha value is -1.42. The molecule has 2 aromatic carbocycles. The molecule has 0 aliphatic heterocycles. The van der Waals surface area contributed by atoms with E-state index in [4.69, 9.17) is 4.43 Å². The number of benzene rings is 2. The minimum absolute atomic E-state index is 0.0105. The maximum absolute atomic E-state index is 10.6. The van der Waals surface area contributed by atoms with E-state index >= 15 is 0 Å². The van der Waals surface area contributed by atoms with Crippen LogP contribution in [0.5, 0.6) is 0 Å². The fraction of sp³-hybridized carbons (Fsp3) is 0.500. The minimum atomic E-state index is -2.49. The highest BCUT2D eigenvalue weighted by molar-refractivity contribution is 6.99. The topological polar surface area (TPSA) is 29.5 Å². The van der Waals surface area contributed by atoms with Crippen LogP contribution < -0.4 is 10.4 Å². The normalized spacial score (nSPS) is 23.5. The second-order valence-corrected chi connectivity index (χ2v) is 13.4. The number of hydrogen-bond acceptors (Lipinski definition) is 2. The summed E-state index contributed by atoms with van der Waals surface area (Å²) in [5, 5.41) is 13.2. The lowest BCUT2D eigenvalue weighted by molar-refractivity contribution is 0.0950. The van der Waals surface area contributed by atoms with Gasteiger partial charge in [0.15, 0.2) is 0 Å². The van der Waals surface area contributed by atoms with E-state index < -0.39 is 8.32 Å². The lowest BCUT2D eigenvalue weighted by atomic mass is 10.0. The summed E-state index contributed by atoms with van der Waals surface area (Å²) >= 11 is 0. The molecule has 3 rings (SSSR count). The van der Waals surface area contributed by atoms with E-state index in [2.05, 4.69) is 88.4 Å². The summed E-state index contributed by atoms with van der Waals surface area (Å²) in [6, 6.07) is 21.5. The first kappa shape index (κ1) is 20.3. The van der Waals surface area contributed by atoms with Crippen molar-refractivity contribution in [3.63, 3.8) is 0 Å². The Labute approximate surface area is 165 Å². The fourth-order valence-corrected chi connectivity index (χ4v) is 9.34. The first-order valence-corrected chi connectivity index (χ1v) is 12.2. The van der Waals surface area contributed by atoms with Crippen LogP contribution in [-0.4, -0.2) is 26.1 Å². The molecule has 27 heavy (non-hydrogen) atoms. The predicted octanol–water partition coefficient (Wildman–Crippen LogP) is 4.36. The van der Waals surface area contributed by atoms with Gasteiger partial charge in [-0.25, -0.2) is 0 Å². The summed E-state index contributed by atoms with van der Waals surface area (Å²) in [5.41, 5.74) is 0. The van der Waals surface area contributed by atoms with E-state index in [0.717, 1.165) is 19.3 Å². The molecule has 146 valence electrons. The molecular weight excluding hydrogens is 348 g/mol. The highest BCUT2D eigenvalue weighted by atomic mass is 28.4. The molecule has 0 spiro atoms. The van der Waals surface area contributed by atoms with E-state index in [1.54, 1.807) is 0 Å². The molecule has 0 radical (unpaired) electrons. The van der Waals surface area contributed by atoms with Crippen LogP contribution in [0.3, 0.4) is 0 Å². The van der Waals surface area contributed by atoms with Crippen molar-refractivity contribution in [1.29, 1.82) is 0 Å². The predicted molar refractivity (Wildman–Crippen MR) is 116 cm³/mol. The molecule has 1 unspecified atom stereocenters. The number of hydrogen-bond donors (Lipinski definition) is 1. The maximum Gasteiger partial charge on any atom is 0.261 e. The zero-order valence-electron chi connectivity index (χ0n) is 17.2. The van der Waals surface area contributed by atoms with Crippen molar-refractivity contribution in [2.75, 3.05) is 6.61 Å². The molecule has 0 heterocycles. The first-order chi connectivity index (χ1) is 12.9. The van der Waals surface area contributed by atoms with Crippen molar-refractivity contribution < 1.29 is 9.53 Å². The molecule has 3 heteroatoms. The number of aliphatic hydroxyl groups is 1. The lowest BCUT2D eigenvalue weighted by Gasteiger charge is -2.43. The van der Waals surface area contributed by atoms with Gasteiger partial charge in [0.2, 0.25) is 0 Å². The Morgan fingerprint density at radius 1 is 0.926 bits per heavy atom. The molecule has 3 atom stereocenters. The zero-order chi connectivity index (χ0) is 19.5. The van der Waals surface area contributed by atoms with Gasteiger partial charge in [0.25, 0.3) is 8.32 Å². The van der Waals surface area contributed by atoms with Crippen LogP contribution in [0, 0.1) is 11.8 Å². The maximum atomic E-state index is 10.6. The second-order valence-electron chi connectivity index (χ2n) is 9.05. The third kappa shape index (κ3) is 4.06. The molecule has 1 saturated carbocycles. The highest BCUT2D eigenvalue weighted by Crippen LogP contribution is 2.39. The van der Waals surface area contributed by atoms with Gasteiger partial charge in [-0.15, -0.1) is 0 Å². The Balaban J connectivity index is 2.00. The summed E-state index contributed by atoms with van der Waals surface area (Å²) in [7, 11) is -2.49. The summed E-state index contributed by atoms with van der Waals surface area (Å²) in [5.74, 6) is 0.879. The molecule has 0 saturated heterocycles. The third-order valence-corrected chi connectivity index (χ3v) is 11.3. The van der Waals surface area contributed by atoms with Crippen LogP contribution in [0.25, 0.3) is 0 Å². The van der Waals surface area contributed by atoms with Crippen LogP contribution in [0.15, 0.2) is 60.7 Å². The van der Waals surface area contributed by atoms with Gasteiger partial charge in [0.05, 0.1) is 6.10 Å². The van der Waals surface area contributed by atoms with Crippen LogP contribution in [-0.2, 0) is 4.43 Å². The van der Waals surface area contributed by atoms with E-state index in [1.807, 2.05) is 0 Å². The Morgan fingerprint density at radius 3 is 1.85 bits per heavy atom. The fourth-order valence-electron chi connectivity index (χ4n) is 4.72. The summed E-state index contributed by atoms with van der Waals surface area (Å²) < 4.78 is 6.99. The second kappa shape index (κ2) is 8.30. The molecule has 1 N–H and O–H groups in total. The van der Waals surface area contributed by atoms with Crippen molar-refractivity contribution in [2.45, 2.75) is 58.1 Å². The Kier molecular flexibility index (Phi) is 6.24. The van der Waals surface area contributed by atoms with Crippen molar-refractivity contribution >= 4 is 18.7 Å². The minimum Gasteiger partial charge on any atom is -0.407 e. The van der Waals surface area contributed by atoms with Gasteiger partial charge < -0.3 is 9.53 Å². The van der Waals surface area contributed by atoms with Crippen molar-refractivity contribution in [1.82, 2.24) is 0 Å². The summed E-state index contributed by atoms with van der Waals surface area (Å²) in [6.45, 7) is 9.78. The smallest absolute Gasteiger partial charge is 0.261 e. The lowest BCUT2D eigenvalue weighted by Crippen LogP contribution is -2.67. The average Bonchev–Trinajstić information content (AvgIpc) is 3.03. The Morgan fingerprint density at radius 2 is 1.44 bits per heavy atom. The van der Waals surface area contributed by atoms with Gasteiger partial charge in [-0.05, 0) is 34.2 Å². The van der Waals surface area contributed by atoms with Crippen molar-refractivity contribution in [3.8, 4) is 0 Å². The van der Waals surface area contributed by atoms with Gasteiger partial charge in [0, 0.05) is 12.5 Å². The van der Waals surface area contributed by atoms with Gasteiger partial charge in [-0.3, -0.25) is 0 Å². The van der Waals surface area contributed by atoms with Crippen LogP contribution in [0.4, 0.5) is 0 Å². The van der Waals surface area contributed by atoms with Gasteiger partial charge in [-0.1, -0.05) is 94.8 Å². The van der Waals surface area contributed by atoms with Crippen LogP contribution in [0.1, 0.15) is 47.0 Å². The largest absolute Gasteiger partial charge is 0.407 e. The SMILES string of the molecule is CCC1C[C@H](CO[Si](c2ccccc2)(c2ccccc2)C(C)(C)C)[C@@H](O)C1. The van der Waals surface area contributed by atoms with E-state index in [0.29, 0.717) is 12.5 Å². The van der Waals surface area contributed by atoms with Crippen LogP contribution in [0.2, 0.25) is 5.04 Å². The molecule has 1 aliphatic carbocycles. The van der Waals surface area contributed by atoms with Crippen molar-refractivity contribution in [3.05, 3.63) is 60.7 Å². The molecule has 1 aliphatic rings. The van der Waals surface area contributed by atoms with E-state index in [9.17, 15) is 5.11 Å². The molecule has 0 bridgehead atoms. The van der Waals surface area contributed by atoms with Crippen LogP contribution >= 0.6 is 0 Å². The standard InChI is InChI=1S/C24H34O2Si/c1-5-19-16-20(23(25)17-19)18-26-27(24(2,3)4,21-12-8-6-9-13-21)22-14-10-7-11-15-22/h6-15,19-20,23,25H,5,16-18H2,1-4H3/t19?,20-,23+/m1/s1. The molecule has 2 nitrogen and oxygen atoms in total. The van der Waals surface area contributed by atoms with Gasteiger partial charge in [0.1, 0.15) is 0 Å². The number of rotatable bonds is 6. The molecule has 0 aromatic heterocycles. The van der Waals surface area contributed by atoms with E-state index in [1.165, 1.54) is 10.4 Å². The number of aliphatic hydroxyl groups excluding tert-OH is 1. The molecular formula is C24H34O2Si. The summed E-state index contributed by atoms with van der Waals surface area (Å²) in [4.78, 5) is 0. The monoisotopic (exact) mass is 382 g/mol. The Bertz CT molecular complexity index is 669. The highest BCUT2D eigenvalue weighted by Gasteiger charge is 2.50. The van der Waals surface area contributed by atoms with Gasteiger partial charge >= 0.3 is 0 Å². The third-order valence-electron chi connectivity index (χ3n) is 6.26. The average molecular weight is 383 g/mol. The molecule has 2 aromatic rings. The van der Waals surface area contributed by atoms with E-state index in [-0.39, 0.29) is 17.1 Å². The zero-order valence-corrected chi connectivity index (χ0v) is 18.2. The quantitative estimate of drug-likeness (QED) is 0.752. The summed E-state index contributed by atoms with van der Waals surface area (Å²) in [6.07, 6.45) is 2.92. The van der Waals surface area contributed by atoms with Crippen molar-refractivity contribution in [2.24, 2.45) is 11.8 Å².